The molecule has 1 aliphatic heterocycles. The molecule has 0 bridgehead atoms. The molecular formula is C17H17ClN2O4S. The molecule has 3 rings (SSSR count). The van der Waals surface area contributed by atoms with E-state index in [1.165, 1.54) is 11.4 Å². The van der Waals surface area contributed by atoms with Gasteiger partial charge in [-0.3, -0.25) is 9.10 Å². The van der Waals surface area contributed by atoms with Crippen molar-refractivity contribution < 1.29 is 17.9 Å². The number of anilines is 2. The maximum Gasteiger partial charge on any atom is 0.255 e. The first-order valence-corrected chi connectivity index (χ1v) is 9.65. The molecule has 0 aliphatic carbocycles. The van der Waals surface area contributed by atoms with Gasteiger partial charge in [0.1, 0.15) is 5.75 Å². The van der Waals surface area contributed by atoms with E-state index in [0.29, 0.717) is 40.7 Å². The molecule has 1 fully saturated rings. The third-order valence-corrected chi connectivity index (χ3v) is 6.12. The number of rotatable bonds is 4. The first kappa shape index (κ1) is 17.6. The highest BCUT2D eigenvalue weighted by Crippen LogP contribution is 2.31. The fraction of sp³-hybridized carbons (Fsp3) is 0.235. The molecule has 1 amide bonds. The average molecular weight is 381 g/mol. The van der Waals surface area contributed by atoms with Crippen LogP contribution in [0.4, 0.5) is 11.4 Å². The average Bonchev–Trinajstić information content (AvgIpc) is 2.96. The summed E-state index contributed by atoms with van der Waals surface area (Å²) in [4.78, 5) is 12.4. The zero-order chi connectivity index (χ0) is 18.0. The summed E-state index contributed by atoms with van der Waals surface area (Å²) >= 11 is 6.16. The highest BCUT2D eigenvalue weighted by molar-refractivity contribution is 7.93. The standard InChI is InChI=1S/C17H17ClN2O4S/c1-24-14-5-2-4-12(10-14)17(21)19-16-11-13(6-7-15(16)18)20-8-3-9-25(20,22)23/h2,4-7,10-11H,3,8-9H2,1H3,(H,19,21). The topological polar surface area (TPSA) is 75.7 Å². The van der Waals surface area contributed by atoms with Gasteiger partial charge in [0, 0.05) is 12.1 Å². The van der Waals surface area contributed by atoms with Gasteiger partial charge >= 0.3 is 0 Å². The van der Waals surface area contributed by atoms with Gasteiger partial charge in [-0.25, -0.2) is 8.42 Å². The third-order valence-electron chi connectivity index (χ3n) is 3.92. The van der Waals surface area contributed by atoms with E-state index in [1.807, 2.05) is 0 Å². The zero-order valence-corrected chi connectivity index (χ0v) is 15.1. The molecule has 25 heavy (non-hydrogen) atoms. The molecule has 0 atom stereocenters. The van der Waals surface area contributed by atoms with Crippen LogP contribution in [0.3, 0.4) is 0 Å². The lowest BCUT2D eigenvalue weighted by Gasteiger charge is -2.18. The minimum atomic E-state index is -3.30. The number of nitrogens with zero attached hydrogens (tertiary/aromatic N) is 1. The van der Waals surface area contributed by atoms with Gasteiger partial charge in [-0.15, -0.1) is 0 Å². The van der Waals surface area contributed by atoms with Crippen LogP contribution in [0.15, 0.2) is 42.5 Å². The smallest absolute Gasteiger partial charge is 0.255 e. The first-order valence-electron chi connectivity index (χ1n) is 7.66. The number of benzene rings is 2. The molecule has 0 unspecified atom stereocenters. The Bertz CT molecular complexity index is 915. The Morgan fingerprint density at radius 1 is 1.24 bits per heavy atom. The number of carbonyl (C=O) groups excluding carboxylic acids is 1. The molecule has 0 saturated carbocycles. The fourth-order valence-corrected chi connectivity index (χ4v) is 4.37. The molecule has 0 radical (unpaired) electrons. The Morgan fingerprint density at radius 3 is 2.72 bits per heavy atom. The van der Waals surface area contributed by atoms with Crippen LogP contribution in [-0.2, 0) is 10.0 Å². The minimum absolute atomic E-state index is 0.126. The predicted octanol–water partition coefficient (Wildman–Crippen LogP) is 3.14. The van der Waals surface area contributed by atoms with Crippen LogP contribution in [0.1, 0.15) is 16.8 Å². The summed E-state index contributed by atoms with van der Waals surface area (Å²) < 4.78 is 30.6. The Morgan fingerprint density at radius 2 is 2.04 bits per heavy atom. The molecule has 8 heteroatoms. The van der Waals surface area contributed by atoms with E-state index in [9.17, 15) is 13.2 Å². The van der Waals surface area contributed by atoms with Crippen LogP contribution in [0.25, 0.3) is 0 Å². The molecule has 0 spiro atoms. The lowest BCUT2D eigenvalue weighted by Crippen LogP contribution is -2.25. The van der Waals surface area contributed by atoms with Crippen molar-refractivity contribution in [2.75, 3.05) is 29.0 Å². The SMILES string of the molecule is COc1cccc(C(=O)Nc2cc(N3CCCS3(=O)=O)ccc2Cl)c1. The summed E-state index contributed by atoms with van der Waals surface area (Å²) in [5.74, 6) is 0.332. The predicted molar refractivity (Wildman–Crippen MR) is 98.1 cm³/mol. The summed E-state index contributed by atoms with van der Waals surface area (Å²) in [5.41, 5.74) is 1.26. The van der Waals surface area contributed by atoms with Crippen LogP contribution >= 0.6 is 11.6 Å². The van der Waals surface area contributed by atoms with Crippen LogP contribution in [0, 0.1) is 0 Å². The van der Waals surface area contributed by atoms with Gasteiger partial charge in [-0.05, 0) is 42.8 Å². The van der Waals surface area contributed by atoms with Gasteiger partial charge in [0.25, 0.3) is 5.91 Å². The van der Waals surface area contributed by atoms with E-state index >= 15 is 0 Å². The highest BCUT2D eigenvalue weighted by Gasteiger charge is 2.28. The number of amides is 1. The molecule has 1 saturated heterocycles. The number of hydrogen-bond acceptors (Lipinski definition) is 4. The summed E-state index contributed by atoms with van der Waals surface area (Å²) in [5, 5.41) is 3.05. The second-order valence-electron chi connectivity index (χ2n) is 5.59. The van der Waals surface area contributed by atoms with Crippen LogP contribution in [0.5, 0.6) is 5.75 Å². The maximum absolute atomic E-state index is 12.4. The van der Waals surface area contributed by atoms with Gasteiger partial charge < -0.3 is 10.1 Å². The van der Waals surface area contributed by atoms with Gasteiger partial charge in [0.15, 0.2) is 0 Å². The molecule has 1 heterocycles. The van der Waals surface area contributed by atoms with Crippen LogP contribution in [0.2, 0.25) is 5.02 Å². The van der Waals surface area contributed by atoms with Crippen LogP contribution < -0.4 is 14.4 Å². The number of ether oxygens (including phenoxy) is 1. The Kier molecular flexibility index (Phi) is 4.87. The number of hydrogen-bond donors (Lipinski definition) is 1. The summed E-state index contributed by atoms with van der Waals surface area (Å²) in [6.45, 7) is 0.424. The minimum Gasteiger partial charge on any atom is -0.497 e. The van der Waals surface area contributed by atoms with E-state index in [-0.39, 0.29) is 11.7 Å². The van der Waals surface area contributed by atoms with Crippen molar-refractivity contribution in [3.05, 3.63) is 53.1 Å². The van der Waals surface area contributed by atoms with E-state index < -0.39 is 10.0 Å². The Balaban J connectivity index is 1.87. The lowest BCUT2D eigenvalue weighted by molar-refractivity contribution is 0.102. The Labute approximate surface area is 151 Å². The summed E-state index contributed by atoms with van der Waals surface area (Å²) in [6.07, 6.45) is 0.580. The normalized spacial score (nSPS) is 15.8. The number of carbonyl (C=O) groups is 1. The quantitative estimate of drug-likeness (QED) is 0.884. The zero-order valence-electron chi connectivity index (χ0n) is 13.5. The summed E-state index contributed by atoms with van der Waals surface area (Å²) in [6, 6.07) is 11.5. The number of nitrogens with one attached hydrogen (secondary N) is 1. The molecular weight excluding hydrogens is 364 g/mol. The van der Waals surface area contributed by atoms with Crippen molar-refractivity contribution in [2.45, 2.75) is 6.42 Å². The van der Waals surface area contributed by atoms with Gasteiger partial charge in [-0.1, -0.05) is 17.7 Å². The summed E-state index contributed by atoms with van der Waals surface area (Å²) in [7, 11) is -1.78. The molecule has 6 nitrogen and oxygen atoms in total. The fourth-order valence-electron chi connectivity index (χ4n) is 2.65. The van der Waals surface area contributed by atoms with Gasteiger partial charge in [0.2, 0.25) is 10.0 Å². The monoisotopic (exact) mass is 380 g/mol. The number of halogens is 1. The molecule has 1 aliphatic rings. The van der Waals surface area contributed by atoms with Gasteiger partial charge in [-0.2, -0.15) is 0 Å². The van der Waals surface area contributed by atoms with Crippen molar-refractivity contribution in [3.63, 3.8) is 0 Å². The van der Waals surface area contributed by atoms with Crippen molar-refractivity contribution in [1.29, 1.82) is 0 Å². The molecule has 2 aromatic rings. The van der Waals surface area contributed by atoms with E-state index in [0.717, 1.165) is 0 Å². The maximum atomic E-state index is 12.4. The first-order chi connectivity index (χ1) is 11.9. The largest absolute Gasteiger partial charge is 0.497 e. The molecule has 1 N–H and O–H groups in total. The van der Waals surface area contributed by atoms with Crippen LogP contribution in [-0.4, -0.2) is 33.7 Å². The van der Waals surface area contributed by atoms with E-state index in [2.05, 4.69) is 5.32 Å². The number of methoxy groups -OCH3 is 1. The van der Waals surface area contributed by atoms with Gasteiger partial charge in [0.05, 0.1) is 29.3 Å². The van der Waals surface area contributed by atoms with E-state index in [4.69, 9.17) is 16.3 Å². The molecule has 0 aromatic heterocycles. The lowest BCUT2D eigenvalue weighted by atomic mass is 10.2. The van der Waals surface area contributed by atoms with Crippen molar-refractivity contribution in [1.82, 2.24) is 0 Å². The number of sulfonamides is 1. The van der Waals surface area contributed by atoms with Crippen molar-refractivity contribution in [2.24, 2.45) is 0 Å². The Hall–Kier alpha value is -2.25. The third kappa shape index (κ3) is 3.72. The second-order valence-corrected chi connectivity index (χ2v) is 8.01. The van der Waals surface area contributed by atoms with Crippen molar-refractivity contribution in [3.8, 4) is 5.75 Å². The highest BCUT2D eigenvalue weighted by atomic mass is 35.5. The van der Waals surface area contributed by atoms with Crippen molar-refractivity contribution >= 4 is 38.9 Å². The molecule has 132 valence electrons. The van der Waals surface area contributed by atoms with E-state index in [1.54, 1.807) is 42.5 Å². The second kappa shape index (κ2) is 6.93. The molecule has 2 aromatic carbocycles.